The monoisotopic (exact) mass is 391 g/mol. The van der Waals surface area contributed by atoms with Crippen molar-refractivity contribution in [3.05, 3.63) is 68.7 Å². The predicted octanol–water partition coefficient (Wildman–Crippen LogP) is 4.67. The maximum Gasteiger partial charge on any atom is 0.346 e. The molecule has 0 fully saturated rings. The van der Waals surface area contributed by atoms with E-state index in [1.165, 1.54) is 6.08 Å². The Morgan fingerprint density at radius 3 is 2.78 bits per heavy atom. The number of carboxylic acid groups (broad SMARTS) is 1. The third-order valence-corrected chi connectivity index (χ3v) is 3.63. The molecule has 0 atom stereocenters. The lowest BCUT2D eigenvalue weighted by molar-refractivity contribution is -0.132. The van der Waals surface area contributed by atoms with E-state index < -0.39 is 5.97 Å². The van der Waals surface area contributed by atoms with Crippen LogP contribution in [-0.4, -0.2) is 11.1 Å². The average molecular weight is 393 g/mol. The zero-order chi connectivity index (χ0) is 16.8. The summed E-state index contributed by atoms with van der Waals surface area (Å²) in [5.74, 6) is -0.810. The summed E-state index contributed by atoms with van der Waals surface area (Å²) < 4.78 is 6.48. The second kappa shape index (κ2) is 7.82. The molecule has 0 aliphatic carbocycles. The Hall–Kier alpha value is -2.29. The summed E-state index contributed by atoms with van der Waals surface area (Å²) >= 11 is 9.25. The summed E-state index contributed by atoms with van der Waals surface area (Å²) in [7, 11) is 0. The SMILES string of the molecule is N#CC(=Cc1cc(Br)ccc1OCc1cccc(Cl)c1)C(=O)O. The summed E-state index contributed by atoms with van der Waals surface area (Å²) in [6.45, 7) is 0.276. The van der Waals surface area contributed by atoms with Crippen LogP contribution < -0.4 is 4.74 Å². The molecule has 23 heavy (non-hydrogen) atoms. The van der Waals surface area contributed by atoms with E-state index in [1.54, 1.807) is 36.4 Å². The lowest BCUT2D eigenvalue weighted by Crippen LogP contribution is -2.00. The van der Waals surface area contributed by atoms with Crippen molar-refractivity contribution in [3.8, 4) is 11.8 Å². The Bertz CT molecular complexity index is 812. The fourth-order valence-electron chi connectivity index (χ4n) is 1.85. The molecule has 4 nitrogen and oxygen atoms in total. The van der Waals surface area contributed by atoms with Crippen molar-refractivity contribution in [3.63, 3.8) is 0 Å². The lowest BCUT2D eigenvalue weighted by atomic mass is 10.1. The molecule has 1 N–H and O–H groups in total. The topological polar surface area (TPSA) is 70.3 Å². The molecule has 0 radical (unpaired) electrons. The molecule has 0 bridgehead atoms. The van der Waals surface area contributed by atoms with Crippen molar-refractivity contribution < 1.29 is 14.6 Å². The van der Waals surface area contributed by atoms with E-state index in [1.807, 2.05) is 12.1 Å². The number of hydrogen-bond donors (Lipinski definition) is 1. The van der Waals surface area contributed by atoms with Gasteiger partial charge in [0.25, 0.3) is 0 Å². The number of halogens is 2. The zero-order valence-electron chi connectivity index (χ0n) is 11.8. The molecule has 0 saturated heterocycles. The van der Waals surface area contributed by atoms with Gasteiger partial charge in [0.15, 0.2) is 0 Å². The van der Waals surface area contributed by atoms with E-state index in [2.05, 4.69) is 15.9 Å². The van der Waals surface area contributed by atoms with Gasteiger partial charge in [-0.15, -0.1) is 0 Å². The van der Waals surface area contributed by atoms with Gasteiger partial charge in [-0.1, -0.05) is 39.7 Å². The fourth-order valence-corrected chi connectivity index (χ4v) is 2.44. The van der Waals surface area contributed by atoms with Gasteiger partial charge in [0, 0.05) is 15.1 Å². The number of hydrogen-bond acceptors (Lipinski definition) is 3. The number of nitriles is 1. The highest BCUT2D eigenvalue weighted by atomic mass is 79.9. The van der Waals surface area contributed by atoms with E-state index in [4.69, 9.17) is 26.7 Å². The standard InChI is InChI=1S/C17H11BrClNO3/c18-14-4-5-16(12(8-14)7-13(9-20)17(21)22)23-10-11-2-1-3-15(19)6-11/h1-8H,10H2,(H,21,22). The summed E-state index contributed by atoms with van der Waals surface area (Å²) in [4.78, 5) is 11.0. The molecule has 2 aromatic rings. The van der Waals surface area contributed by atoms with Crippen molar-refractivity contribution in [2.24, 2.45) is 0 Å². The van der Waals surface area contributed by atoms with Gasteiger partial charge in [0.05, 0.1) is 0 Å². The van der Waals surface area contributed by atoms with Crippen LogP contribution in [0.3, 0.4) is 0 Å². The van der Waals surface area contributed by atoms with Crippen LogP contribution in [0.4, 0.5) is 0 Å². The predicted molar refractivity (Wildman–Crippen MR) is 91.2 cm³/mol. The molecule has 0 heterocycles. The quantitative estimate of drug-likeness (QED) is 0.593. The van der Waals surface area contributed by atoms with Crippen LogP contribution in [0.5, 0.6) is 5.75 Å². The van der Waals surface area contributed by atoms with Gasteiger partial charge in [0.2, 0.25) is 0 Å². The van der Waals surface area contributed by atoms with E-state index in [0.717, 1.165) is 10.0 Å². The third-order valence-electron chi connectivity index (χ3n) is 2.91. The second-order valence-electron chi connectivity index (χ2n) is 4.58. The van der Waals surface area contributed by atoms with Gasteiger partial charge >= 0.3 is 5.97 Å². The first-order chi connectivity index (χ1) is 11.0. The molecule has 0 amide bonds. The Kier molecular flexibility index (Phi) is 5.80. The van der Waals surface area contributed by atoms with Crippen molar-refractivity contribution in [1.29, 1.82) is 5.26 Å². The number of aliphatic carboxylic acids is 1. The first-order valence-electron chi connectivity index (χ1n) is 6.51. The summed E-state index contributed by atoms with van der Waals surface area (Å²) in [5.41, 5.74) is 1.02. The molecule has 0 saturated carbocycles. The van der Waals surface area contributed by atoms with Crippen LogP contribution >= 0.6 is 27.5 Å². The van der Waals surface area contributed by atoms with Crippen LogP contribution in [0.1, 0.15) is 11.1 Å². The molecular weight excluding hydrogens is 382 g/mol. The van der Waals surface area contributed by atoms with Crippen molar-refractivity contribution >= 4 is 39.6 Å². The highest BCUT2D eigenvalue weighted by Crippen LogP contribution is 2.26. The second-order valence-corrected chi connectivity index (χ2v) is 5.93. The molecule has 6 heteroatoms. The number of ether oxygens (including phenoxy) is 1. The molecule has 0 aliphatic rings. The fraction of sp³-hybridized carbons (Fsp3) is 0.0588. The molecule has 0 unspecified atom stereocenters. The third kappa shape index (κ3) is 4.85. The summed E-state index contributed by atoms with van der Waals surface area (Å²) in [6, 6.07) is 14.1. The number of carboxylic acids is 1. The van der Waals surface area contributed by atoms with Crippen LogP contribution in [0, 0.1) is 11.3 Å². The molecule has 116 valence electrons. The molecule has 2 aromatic carbocycles. The average Bonchev–Trinajstić information content (AvgIpc) is 2.51. The Morgan fingerprint density at radius 2 is 2.13 bits per heavy atom. The molecule has 0 aromatic heterocycles. The smallest absolute Gasteiger partial charge is 0.346 e. The summed E-state index contributed by atoms with van der Waals surface area (Å²) in [6.07, 6.45) is 1.28. The highest BCUT2D eigenvalue weighted by molar-refractivity contribution is 9.10. The first kappa shape index (κ1) is 17.1. The van der Waals surface area contributed by atoms with Gasteiger partial charge in [-0.3, -0.25) is 0 Å². The summed E-state index contributed by atoms with van der Waals surface area (Å²) in [5, 5.41) is 18.5. The zero-order valence-corrected chi connectivity index (χ0v) is 14.1. The minimum Gasteiger partial charge on any atom is -0.488 e. The van der Waals surface area contributed by atoms with Crippen LogP contribution in [-0.2, 0) is 11.4 Å². The highest BCUT2D eigenvalue weighted by Gasteiger charge is 2.10. The van der Waals surface area contributed by atoms with Crippen molar-refractivity contribution in [2.75, 3.05) is 0 Å². The van der Waals surface area contributed by atoms with E-state index in [9.17, 15) is 4.79 Å². The van der Waals surface area contributed by atoms with Crippen molar-refractivity contribution in [2.45, 2.75) is 6.61 Å². The Labute approximate surface area is 146 Å². The molecular formula is C17H11BrClNO3. The normalized spacial score (nSPS) is 10.9. The molecule has 0 spiro atoms. The van der Waals surface area contributed by atoms with E-state index in [-0.39, 0.29) is 12.2 Å². The van der Waals surface area contributed by atoms with Gasteiger partial charge in [0.1, 0.15) is 24.0 Å². The van der Waals surface area contributed by atoms with Gasteiger partial charge in [-0.25, -0.2) is 4.79 Å². The van der Waals surface area contributed by atoms with E-state index in [0.29, 0.717) is 16.3 Å². The number of benzene rings is 2. The number of nitrogens with zero attached hydrogens (tertiary/aromatic N) is 1. The van der Waals surface area contributed by atoms with Gasteiger partial charge in [-0.05, 0) is 42.0 Å². The largest absolute Gasteiger partial charge is 0.488 e. The number of carbonyl (C=O) groups is 1. The first-order valence-corrected chi connectivity index (χ1v) is 7.68. The van der Waals surface area contributed by atoms with Gasteiger partial charge in [-0.2, -0.15) is 5.26 Å². The van der Waals surface area contributed by atoms with Crippen LogP contribution in [0.15, 0.2) is 52.5 Å². The minimum atomic E-state index is -1.28. The lowest BCUT2D eigenvalue weighted by Gasteiger charge is -2.10. The maximum absolute atomic E-state index is 11.0. The Morgan fingerprint density at radius 1 is 1.35 bits per heavy atom. The number of rotatable bonds is 5. The van der Waals surface area contributed by atoms with Gasteiger partial charge < -0.3 is 9.84 Å². The van der Waals surface area contributed by atoms with Crippen LogP contribution in [0.2, 0.25) is 5.02 Å². The molecule has 0 aliphatic heterocycles. The maximum atomic E-state index is 11.0. The molecule has 2 rings (SSSR count). The van der Waals surface area contributed by atoms with Crippen LogP contribution in [0.25, 0.3) is 6.08 Å². The minimum absolute atomic E-state index is 0.276. The van der Waals surface area contributed by atoms with E-state index >= 15 is 0 Å². The van der Waals surface area contributed by atoms with Crippen molar-refractivity contribution in [1.82, 2.24) is 0 Å². The Balaban J connectivity index is 2.29.